The van der Waals surface area contributed by atoms with Crippen molar-refractivity contribution in [2.75, 3.05) is 6.54 Å². The van der Waals surface area contributed by atoms with E-state index in [1.54, 1.807) is 12.4 Å². The molecular formula is C16H18BrN3O. The van der Waals surface area contributed by atoms with Gasteiger partial charge in [0, 0.05) is 29.5 Å². The number of nitrogens with one attached hydrogen (secondary N) is 2. The molecular weight excluding hydrogens is 330 g/mol. The highest BCUT2D eigenvalue weighted by atomic mass is 79.9. The highest BCUT2D eigenvalue weighted by molar-refractivity contribution is 9.10. The smallest absolute Gasteiger partial charge is 0.234 e. The lowest BCUT2D eigenvalue weighted by molar-refractivity contribution is -0.120. The first-order valence-electron chi connectivity index (χ1n) is 6.80. The van der Waals surface area contributed by atoms with Crippen molar-refractivity contribution < 1.29 is 4.79 Å². The Hall–Kier alpha value is -1.72. The van der Waals surface area contributed by atoms with E-state index in [0.717, 1.165) is 15.6 Å². The van der Waals surface area contributed by atoms with Gasteiger partial charge in [-0.1, -0.05) is 40.2 Å². The lowest BCUT2D eigenvalue weighted by Gasteiger charge is -2.15. The second-order valence-electron chi connectivity index (χ2n) is 4.76. The topological polar surface area (TPSA) is 54.0 Å². The number of pyridine rings is 1. The molecule has 21 heavy (non-hydrogen) atoms. The molecule has 0 radical (unpaired) electrons. The summed E-state index contributed by atoms with van der Waals surface area (Å²) in [5.41, 5.74) is 2.13. The van der Waals surface area contributed by atoms with Crippen LogP contribution in [0, 0.1) is 0 Å². The maximum absolute atomic E-state index is 11.8. The molecule has 0 saturated heterocycles. The van der Waals surface area contributed by atoms with E-state index in [0.29, 0.717) is 6.54 Å². The third-order valence-corrected chi connectivity index (χ3v) is 3.88. The van der Waals surface area contributed by atoms with Gasteiger partial charge in [-0.2, -0.15) is 0 Å². The van der Waals surface area contributed by atoms with Crippen molar-refractivity contribution in [1.29, 1.82) is 0 Å². The lowest BCUT2D eigenvalue weighted by Crippen LogP contribution is -2.34. The Morgan fingerprint density at radius 3 is 2.81 bits per heavy atom. The molecule has 1 heterocycles. The molecule has 2 aromatic rings. The number of hydrogen-bond acceptors (Lipinski definition) is 3. The standard InChI is InChI=1S/C16H18BrN3O/c1-12(14-6-2-3-7-15(14)17)19-11-16(21)20-10-13-5-4-8-18-9-13/h2-9,12,19H,10-11H2,1H3,(H,20,21)/t12-/m0/s1. The van der Waals surface area contributed by atoms with E-state index in [2.05, 4.69) is 31.5 Å². The molecule has 1 atom stereocenters. The highest BCUT2D eigenvalue weighted by Gasteiger charge is 2.10. The number of amides is 1. The quantitative estimate of drug-likeness (QED) is 0.844. The van der Waals surface area contributed by atoms with E-state index in [1.807, 2.05) is 43.3 Å². The fraction of sp³-hybridized carbons (Fsp3) is 0.250. The summed E-state index contributed by atoms with van der Waals surface area (Å²) in [6.07, 6.45) is 3.46. The van der Waals surface area contributed by atoms with Crippen molar-refractivity contribution in [2.45, 2.75) is 19.5 Å². The number of nitrogens with zero attached hydrogens (tertiary/aromatic N) is 1. The van der Waals surface area contributed by atoms with Crippen LogP contribution in [0.1, 0.15) is 24.1 Å². The number of halogens is 1. The molecule has 0 bridgehead atoms. The molecule has 1 aromatic heterocycles. The van der Waals surface area contributed by atoms with Crippen LogP contribution in [0.25, 0.3) is 0 Å². The van der Waals surface area contributed by atoms with Crippen LogP contribution < -0.4 is 10.6 Å². The number of benzene rings is 1. The SMILES string of the molecule is C[C@H](NCC(=O)NCc1cccnc1)c1ccccc1Br. The second kappa shape index (κ2) is 7.90. The van der Waals surface area contributed by atoms with E-state index in [9.17, 15) is 4.79 Å². The predicted octanol–water partition coefficient (Wildman–Crippen LogP) is 2.81. The molecule has 0 aliphatic heterocycles. The van der Waals surface area contributed by atoms with E-state index in [-0.39, 0.29) is 18.5 Å². The maximum atomic E-state index is 11.8. The molecule has 1 aromatic carbocycles. The monoisotopic (exact) mass is 347 g/mol. The van der Waals surface area contributed by atoms with Crippen molar-refractivity contribution in [3.05, 3.63) is 64.4 Å². The Morgan fingerprint density at radius 1 is 1.29 bits per heavy atom. The van der Waals surface area contributed by atoms with Gasteiger partial charge in [0.25, 0.3) is 0 Å². The van der Waals surface area contributed by atoms with Crippen molar-refractivity contribution in [2.24, 2.45) is 0 Å². The molecule has 0 aliphatic rings. The summed E-state index contributed by atoms with van der Waals surface area (Å²) < 4.78 is 1.04. The van der Waals surface area contributed by atoms with Gasteiger partial charge in [0.2, 0.25) is 5.91 Å². The summed E-state index contributed by atoms with van der Waals surface area (Å²) >= 11 is 3.52. The summed E-state index contributed by atoms with van der Waals surface area (Å²) in [7, 11) is 0. The van der Waals surface area contributed by atoms with E-state index < -0.39 is 0 Å². The fourth-order valence-electron chi connectivity index (χ4n) is 1.95. The van der Waals surface area contributed by atoms with Crippen LogP contribution in [0.15, 0.2) is 53.3 Å². The Morgan fingerprint density at radius 2 is 2.10 bits per heavy atom. The summed E-state index contributed by atoms with van der Waals surface area (Å²) in [6, 6.07) is 11.9. The van der Waals surface area contributed by atoms with Crippen LogP contribution >= 0.6 is 15.9 Å². The third kappa shape index (κ3) is 4.95. The van der Waals surface area contributed by atoms with Crippen molar-refractivity contribution >= 4 is 21.8 Å². The van der Waals surface area contributed by atoms with Gasteiger partial charge in [-0.05, 0) is 30.2 Å². The molecule has 1 amide bonds. The number of hydrogen-bond donors (Lipinski definition) is 2. The number of aromatic nitrogens is 1. The Kier molecular flexibility index (Phi) is 5.90. The van der Waals surface area contributed by atoms with E-state index in [1.165, 1.54) is 0 Å². The summed E-state index contributed by atoms with van der Waals surface area (Å²) in [5.74, 6) is -0.0299. The van der Waals surface area contributed by atoms with Gasteiger partial charge >= 0.3 is 0 Å². The molecule has 110 valence electrons. The average Bonchev–Trinajstić information content (AvgIpc) is 2.52. The van der Waals surface area contributed by atoms with Crippen molar-refractivity contribution in [3.63, 3.8) is 0 Å². The second-order valence-corrected chi connectivity index (χ2v) is 5.62. The molecule has 0 aliphatic carbocycles. The van der Waals surface area contributed by atoms with Crippen LogP contribution in [0.5, 0.6) is 0 Å². The maximum Gasteiger partial charge on any atom is 0.234 e. The zero-order valence-electron chi connectivity index (χ0n) is 11.8. The minimum atomic E-state index is -0.0299. The molecule has 2 rings (SSSR count). The van der Waals surface area contributed by atoms with Gasteiger partial charge in [0.15, 0.2) is 0 Å². The minimum absolute atomic E-state index is 0.0299. The number of rotatable bonds is 6. The van der Waals surface area contributed by atoms with Gasteiger partial charge in [0.1, 0.15) is 0 Å². The minimum Gasteiger partial charge on any atom is -0.351 e. The van der Waals surface area contributed by atoms with Gasteiger partial charge in [-0.3, -0.25) is 9.78 Å². The zero-order chi connectivity index (χ0) is 15.1. The average molecular weight is 348 g/mol. The summed E-state index contributed by atoms with van der Waals surface area (Å²) in [6.45, 7) is 2.81. The molecule has 0 unspecified atom stereocenters. The van der Waals surface area contributed by atoms with E-state index >= 15 is 0 Å². The molecule has 2 N–H and O–H groups in total. The van der Waals surface area contributed by atoms with Crippen molar-refractivity contribution in [3.8, 4) is 0 Å². The Labute approximate surface area is 133 Å². The largest absolute Gasteiger partial charge is 0.351 e. The van der Waals surface area contributed by atoms with Crippen molar-refractivity contribution in [1.82, 2.24) is 15.6 Å². The van der Waals surface area contributed by atoms with Gasteiger partial charge < -0.3 is 10.6 Å². The third-order valence-electron chi connectivity index (χ3n) is 3.15. The molecule has 0 fully saturated rings. The van der Waals surface area contributed by atoms with Crippen LogP contribution in [0.3, 0.4) is 0 Å². The lowest BCUT2D eigenvalue weighted by atomic mass is 10.1. The van der Waals surface area contributed by atoms with E-state index in [4.69, 9.17) is 0 Å². The molecule has 5 heteroatoms. The van der Waals surface area contributed by atoms with Crippen LogP contribution in [0.4, 0.5) is 0 Å². The fourth-order valence-corrected chi connectivity index (χ4v) is 2.58. The molecule has 0 saturated carbocycles. The first-order chi connectivity index (χ1) is 10.2. The van der Waals surface area contributed by atoms with Crippen LogP contribution in [0.2, 0.25) is 0 Å². The number of carbonyl (C=O) groups is 1. The zero-order valence-corrected chi connectivity index (χ0v) is 13.4. The first-order valence-corrected chi connectivity index (χ1v) is 7.59. The van der Waals surface area contributed by atoms with Gasteiger partial charge in [0.05, 0.1) is 6.54 Å². The normalized spacial score (nSPS) is 11.9. The summed E-state index contributed by atoms with van der Waals surface area (Å²) in [5, 5.41) is 6.09. The Balaban J connectivity index is 1.77. The van der Waals surface area contributed by atoms with Gasteiger partial charge in [-0.25, -0.2) is 0 Å². The highest BCUT2D eigenvalue weighted by Crippen LogP contribution is 2.22. The predicted molar refractivity (Wildman–Crippen MR) is 86.6 cm³/mol. The summed E-state index contributed by atoms with van der Waals surface area (Å²) in [4.78, 5) is 15.8. The molecule has 0 spiro atoms. The first kappa shape index (κ1) is 15.7. The Bertz CT molecular complexity index is 589. The van der Waals surface area contributed by atoms with Crippen LogP contribution in [-0.4, -0.2) is 17.4 Å². The van der Waals surface area contributed by atoms with Gasteiger partial charge in [-0.15, -0.1) is 0 Å². The molecule has 4 nitrogen and oxygen atoms in total. The van der Waals surface area contributed by atoms with Crippen LogP contribution in [-0.2, 0) is 11.3 Å². The number of carbonyl (C=O) groups excluding carboxylic acids is 1.